The summed E-state index contributed by atoms with van der Waals surface area (Å²) < 4.78 is 4.68. The van der Waals surface area contributed by atoms with Crippen LogP contribution in [0.3, 0.4) is 0 Å². The molecule has 0 aliphatic carbocycles. The molecule has 2 aromatic carbocycles. The van der Waals surface area contributed by atoms with Crippen molar-refractivity contribution in [1.29, 1.82) is 0 Å². The summed E-state index contributed by atoms with van der Waals surface area (Å²) in [6.45, 7) is 1.95. The third kappa shape index (κ3) is 2.38. The minimum atomic E-state index is -0.353. The predicted octanol–water partition coefficient (Wildman–Crippen LogP) is 1.32. The van der Waals surface area contributed by atoms with Crippen molar-refractivity contribution in [3.8, 4) is 0 Å². The summed E-state index contributed by atoms with van der Waals surface area (Å²) in [5.74, 6) is -0.353. The Morgan fingerprint density at radius 2 is 1.76 bits per heavy atom. The van der Waals surface area contributed by atoms with Crippen LogP contribution in [0.5, 0.6) is 0 Å². The topological polar surface area (TPSA) is 77.0 Å². The standard InChI is InChI=1S/C16H15N3O2/c1-9-7-13-14(8-12(9)17)19-15(18-13)10-3-5-11(6-4-10)16(20)21-2/h3-8,15H,17H2,1-2H3. The number of carbonyl (C=O) groups excluding carboxylic acids is 1. The van der Waals surface area contributed by atoms with Gasteiger partial charge in [-0.05, 0) is 42.3 Å². The van der Waals surface area contributed by atoms with Gasteiger partial charge < -0.3 is 10.5 Å². The van der Waals surface area contributed by atoms with Crippen LogP contribution in [0.1, 0.15) is 27.7 Å². The molecular formula is C16H15N3O2. The number of nitrogen functional groups attached to an aromatic ring is 1. The first kappa shape index (κ1) is 13.3. The highest BCUT2D eigenvalue weighted by Crippen LogP contribution is 2.20. The Morgan fingerprint density at radius 3 is 2.38 bits per heavy atom. The molecule has 5 heteroatoms. The van der Waals surface area contributed by atoms with Crippen LogP contribution >= 0.6 is 0 Å². The zero-order chi connectivity index (χ0) is 15.0. The van der Waals surface area contributed by atoms with Crippen molar-refractivity contribution in [1.82, 2.24) is 0 Å². The number of hydrogen-bond donors (Lipinski definition) is 1. The summed E-state index contributed by atoms with van der Waals surface area (Å²) in [5.41, 5.74) is 9.04. The molecule has 1 aliphatic heterocycles. The van der Waals surface area contributed by atoms with Gasteiger partial charge in [0, 0.05) is 5.69 Å². The van der Waals surface area contributed by atoms with Gasteiger partial charge in [-0.25, -0.2) is 4.79 Å². The number of nitrogens with two attached hydrogens (primary N) is 1. The quantitative estimate of drug-likeness (QED) is 0.666. The Balaban J connectivity index is 1.96. The van der Waals surface area contributed by atoms with Gasteiger partial charge in [0.05, 0.1) is 23.4 Å². The minimum Gasteiger partial charge on any atom is -0.465 e. The van der Waals surface area contributed by atoms with Crippen molar-refractivity contribution < 1.29 is 9.53 Å². The van der Waals surface area contributed by atoms with Crippen molar-refractivity contribution in [2.24, 2.45) is 9.98 Å². The van der Waals surface area contributed by atoms with Gasteiger partial charge >= 0.3 is 5.97 Å². The number of esters is 1. The van der Waals surface area contributed by atoms with Crippen LogP contribution in [0.15, 0.2) is 46.4 Å². The van der Waals surface area contributed by atoms with Gasteiger partial charge in [-0.2, -0.15) is 0 Å². The first-order chi connectivity index (χ1) is 10.1. The lowest BCUT2D eigenvalue weighted by molar-refractivity contribution is 0.0600. The van der Waals surface area contributed by atoms with Crippen molar-refractivity contribution >= 4 is 11.7 Å². The van der Waals surface area contributed by atoms with Gasteiger partial charge in [0.1, 0.15) is 0 Å². The van der Waals surface area contributed by atoms with E-state index in [-0.39, 0.29) is 12.1 Å². The fourth-order valence-electron chi connectivity index (χ4n) is 2.25. The van der Waals surface area contributed by atoms with Crippen LogP contribution in [0.25, 0.3) is 0 Å². The largest absolute Gasteiger partial charge is 0.465 e. The van der Waals surface area contributed by atoms with E-state index < -0.39 is 0 Å². The van der Waals surface area contributed by atoms with E-state index in [0.29, 0.717) is 5.56 Å². The van der Waals surface area contributed by atoms with Gasteiger partial charge in [0.15, 0.2) is 6.17 Å². The minimum absolute atomic E-state index is 0.284. The van der Waals surface area contributed by atoms with Crippen molar-refractivity contribution in [2.45, 2.75) is 13.1 Å². The number of hydrogen-bond acceptors (Lipinski definition) is 5. The summed E-state index contributed by atoms with van der Waals surface area (Å²) in [7, 11) is 1.36. The highest BCUT2D eigenvalue weighted by molar-refractivity contribution is 5.89. The van der Waals surface area contributed by atoms with E-state index in [4.69, 9.17) is 5.73 Å². The predicted molar refractivity (Wildman–Crippen MR) is 78.4 cm³/mol. The number of aryl methyl sites for hydroxylation is 1. The first-order valence-corrected chi connectivity index (χ1v) is 6.58. The van der Waals surface area contributed by atoms with Crippen LogP contribution in [0.4, 0.5) is 5.69 Å². The Hall–Kier alpha value is -2.69. The van der Waals surface area contributed by atoms with Crippen molar-refractivity contribution in [3.63, 3.8) is 0 Å². The second-order valence-electron chi connectivity index (χ2n) is 4.94. The van der Waals surface area contributed by atoms with E-state index in [1.165, 1.54) is 7.11 Å². The lowest BCUT2D eigenvalue weighted by Gasteiger charge is -2.05. The maximum absolute atomic E-state index is 11.4. The van der Waals surface area contributed by atoms with Gasteiger partial charge in [0.2, 0.25) is 0 Å². The van der Waals surface area contributed by atoms with Gasteiger partial charge in [-0.1, -0.05) is 12.1 Å². The van der Waals surface area contributed by atoms with Gasteiger partial charge in [-0.3, -0.25) is 9.98 Å². The molecule has 0 fully saturated rings. The molecule has 2 N–H and O–H groups in total. The number of fused-ring (bicyclic) bond motifs is 1. The van der Waals surface area contributed by atoms with Gasteiger partial charge in [-0.15, -0.1) is 0 Å². The molecular weight excluding hydrogens is 266 g/mol. The SMILES string of the molecule is COC(=O)c1ccc(C2N=c3cc(C)c(N)cc3=N2)cc1. The van der Waals surface area contributed by atoms with Crippen LogP contribution in [0, 0.1) is 6.92 Å². The first-order valence-electron chi connectivity index (χ1n) is 6.58. The Kier molecular flexibility index (Phi) is 3.17. The molecule has 0 saturated carbocycles. The average Bonchev–Trinajstić information content (AvgIpc) is 2.90. The molecule has 2 aromatic rings. The Morgan fingerprint density at radius 1 is 1.14 bits per heavy atom. The number of benzene rings is 2. The molecule has 106 valence electrons. The molecule has 21 heavy (non-hydrogen) atoms. The molecule has 1 aliphatic rings. The number of carbonyl (C=O) groups is 1. The molecule has 0 amide bonds. The molecule has 0 bridgehead atoms. The summed E-state index contributed by atoms with van der Waals surface area (Å²) in [5, 5.41) is 1.66. The summed E-state index contributed by atoms with van der Waals surface area (Å²) >= 11 is 0. The summed E-state index contributed by atoms with van der Waals surface area (Å²) in [6.07, 6.45) is -0.284. The third-order valence-corrected chi connectivity index (χ3v) is 3.52. The van der Waals surface area contributed by atoms with Gasteiger partial charge in [0.25, 0.3) is 0 Å². The zero-order valence-electron chi connectivity index (χ0n) is 11.8. The molecule has 0 saturated heterocycles. The average molecular weight is 281 g/mol. The highest BCUT2D eigenvalue weighted by Gasteiger charge is 2.14. The fraction of sp³-hybridized carbons (Fsp3) is 0.188. The lowest BCUT2D eigenvalue weighted by Crippen LogP contribution is -2.22. The Labute approximate surface area is 121 Å². The van der Waals surface area contributed by atoms with Crippen LogP contribution in [-0.4, -0.2) is 13.1 Å². The molecule has 5 nitrogen and oxygen atoms in total. The Bertz CT molecular complexity index is 785. The molecule has 0 radical (unpaired) electrons. The number of anilines is 1. The number of rotatable bonds is 2. The monoisotopic (exact) mass is 281 g/mol. The normalized spacial score (nSPS) is 15.8. The second-order valence-corrected chi connectivity index (χ2v) is 4.94. The number of ether oxygens (including phenoxy) is 1. The number of methoxy groups -OCH3 is 1. The molecule has 1 unspecified atom stereocenters. The maximum atomic E-state index is 11.4. The highest BCUT2D eigenvalue weighted by atomic mass is 16.5. The van der Waals surface area contributed by atoms with E-state index in [9.17, 15) is 4.79 Å². The van der Waals surface area contributed by atoms with Crippen LogP contribution in [-0.2, 0) is 4.74 Å². The smallest absolute Gasteiger partial charge is 0.337 e. The van der Waals surface area contributed by atoms with E-state index >= 15 is 0 Å². The molecule has 3 rings (SSSR count). The van der Waals surface area contributed by atoms with Crippen LogP contribution in [0.2, 0.25) is 0 Å². The summed E-state index contributed by atoms with van der Waals surface area (Å²) in [4.78, 5) is 20.6. The molecule has 0 spiro atoms. The fourth-order valence-corrected chi connectivity index (χ4v) is 2.25. The lowest BCUT2D eigenvalue weighted by atomic mass is 10.1. The second kappa shape index (κ2) is 5.01. The molecule has 0 aromatic heterocycles. The van der Waals surface area contributed by atoms with E-state index in [1.54, 1.807) is 12.1 Å². The van der Waals surface area contributed by atoms with Crippen LogP contribution < -0.4 is 16.4 Å². The van der Waals surface area contributed by atoms with Crippen molar-refractivity contribution in [3.05, 3.63) is 63.8 Å². The number of nitrogens with zero attached hydrogens (tertiary/aromatic N) is 2. The van der Waals surface area contributed by atoms with Crippen molar-refractivity contribution in [2.75, 3.05) is 12.8 Å². The zero-order valence-corrected chi connectivity index (χ0v) is 11.8. The van der Waals surface area contributed by atoms with E-state index in [0.717, 1.165) is 27.5 Å². The van der Waals surface area contributed by atoms with E-state index in [1.807, 2.05) is 31.2 Å². The molecule has 1 atom stereocenters. The van der Waals surface area contributed by atoms with E-state index in [2.05, 4.69) is 14.7 Å². The summed E-state index contributed by atoms with van der Waals surface area (Å²) in [6, 6.07) is 10.9. The molecule has 1 heterocycles. The maximum Gasteiger partial charge on any atom is 0.337 e. The third-order valence-electron chi connectivity index (χ3n) is 3.52.